The Morgan fingerprint density at radius 2 is 1.56 bits per heavy atom. The smallest absolute Gasteiger partial charge is 0.296 e. The molecule has 2 saturated carbocycles. The highest BCUT2D eigenvalue weighted by Gasteiger charge is 2.54. The molecule has 1 aliphatic heterocycles. The number of morpholine rings is 1. The summed E-state index contributed by atoms with van der Waals surface area (Å²) in [7, 11) is -3.90. The first-order valence-electron chi connectivity index (χ1n) is 14.3. The summed E-state index contributed by atoms with van der Waals surface area (Å²) in [5.41, 5.74) is 0.845. The van der Waals surface area contributed by atoms with Gasteiger partial charge in [0.1, 0.15) is 4.90 Å². The first-order chi connectivity index (χ1) is 21.5. The second kappa shape index (κ2) is 11.7. The van der Waals surface area contributed by atoms with Crippen molar-refractivity contribution in [3.05, 3.63) is 57.3 Å². The fourth-order valence-corrected chi connectivity index (χ4v) is 8.73. The number of benzene rings is 2. The maximum atomic E-state index is 14.1. The summed E-state index contributed by atoms with van der Waals surface area (Å²) in [4.78, 5) is 19.8. The summed E-state index contributed by atoms with van der Waals surface area (Å²) in [5, 5.41) is 3.63. The van der Waals surface area contributed by atoms with E-state index in [1.165, 1.54) is 16.7 Å². The molecule has 2 aromatic heterocycles. The van der Waals surface area contributed by atoms with E-state index in [0.717, 1.165) is 12.8 Å². The zero-order chi connectivity index (χ0) is 31.5. The Morgan fingerprint density at radius 3 is 2.29 bits per heavy atom. The van der Waals surface area contributed by atoms with Gasteiger partial charge >= 0.3 is 0 Å². The lowest BCUT2D eigenvalue weighted by atomic mass is 9.52. The summed E-state index contributed by atoms with van der Waals surface area (Å²) in [5.74, 6) is 0.224. The Hall–Kier alpha value is -2.88. The number of imidazole rings is 1. The number of nitrogens with zero attached hydrogens (tertiary/aromatic N) is 6. The summed E-state index contributed by atoms with van der Waals surface area (Å²) < 4.78 is 63.7. The molecule has 4 aromatic rings. The molecule has 2 N–H and O–H groups in total. The summed E-state index contributed by atoms with van der Waals surface area (Å²) in [6, 6.07) is 9.17. The van der Waals surface area contributed by atoms with Crippen molar-refractivity contribution in [3.63, 3.8) is 0 Å². The quantitative estimate of drug-likeness (QED) is 0.225. The van der Waals surface area contributed by atoms with Gasteiger partial charge in [-0.25, -0.2) is 26.9 Å². The van der Waals surface area contributed by atoms with Gasteiger partial charge in [0.2, 0.25) is 27.9 Å². The minimum absolute atomic E-state index is 0.00336. The number of sulfonamides is 1. The lowest BCUT2D eigenvalue weighted by molar-refractivity contribution is -0.00450. The number of rotatable bonds is 8. The maximum absolute atomic E-state index is 14.1. The molecule has 45 heavy (non-hydrogen) atoms. The van der Waals surface area contributed by atoms with Crippen LogP contribution in [0.1, 0.15) is 37.9 Å². The van der Waals surface area contributed by atoms with Crippen molar-refractivity contribution < 1.29 is 21.9 Å². The molecule has 0 amide bonds. The third-order valence-corrected chi connectivity index (χ3v) is 11.2. The SMILES string of the molecule is O=S(=O)(NC1CC2(CC(Nc3nc(N4CCOCC4)nc(-n4c(C(F)F)nc5ccccc54)n3)C2)C1)c1cc(Cl)c(Cl)cc1Cl. The normalized spacial score (nSPS) is 23.4. The zero-order valence-corrected chi connectivity index (χ0v) is 26.6. The molecule has 1 saturated heterocycles. The van der Waals surface area contributed by atoms with E-state index in [4.69, 9.17) is 39.5 Å². The molecule has 2 aromatic carbocycles. The van der Waals surface area contributed by atoms with Crippen LogP contribution in [0.2, 0.25) is 15.1 Å². The first-order valence-corrected chi connectivity index (χ1v) is 16.9. The zero-order valence-electron chi connectivity index (χ0n) is 23.6. The standard InChI is InChI=1S/C28H27Cl3F2N8O3S/c29-17-9-19(31)22(10-18(17)30)45(42,43)39-16-13-28(14-16)11-15(12-28)34-25-36-26(40-5-7-44-8-6-40)38-27(37-25)41-21-4-2-1-3-20(21)35-24(41)23(32)33/h1-4,9-10,15-16,23,39H,5-8,11-14H2,(H,34,36,37,38). The van der Waals surface area contributed by atoms with Gasteiger partial charge in [0, 0.05) is 25.2 Å². The Kier molecular flexibility index (Phi) is 8.02. The van der Waals surface area contributed by atoms with E-state index in [2.05, 4.69) is 30.0 Å². The molecular weight excluding hydrogens is 673 g/mol. The molecule has 0 bridgehead atoms. The van der Waals surface area contributed by atoms with E-state index in [-0.39, 0.29) is 49.4 Å². The number of hydrogen-bond donors (Lipinski definition) is 2. The van der Waals surface area contributed by atoms with Gasteiger partial charge in [-0.1, -0.05) is 46.9 Å². The van der Waals surface area contributed by atoms with E-state index in [1.807, 2.05) is 4.90 Å². The van der Waals surface area contributed by atoms with Crippen molar-refractivity contribution in [2.75, 3.05) is 36.5 Å². The Bertz CT molecular complexity index is 1880. The van der Waals surface area contributed by atoms with Crippen LogP contribution in [-0.4, -0.2) is 71.3 Å². The lowest BCUT2D eigenvalue weighted by Gasteiger charge is -2.57. The van der Waals surface area contributed by atoms with Gasteiger partial charge in [0.15, 0.2) is 5.82 Å². The van der Waals surface area contributed by atoms with E-state index >= 15 is 0 Å². The van der Waals surface area contributed by atoms with Gasteiger partial charge in [-0.05, 0) is 55.4 Å². The number of nitrogens with one attached hydrogen (secondary N) is 2. The van der Waals surface area contributed by atoms with Gasteiger partial charge in [0.25, 0.3) is 6.43 Å². The molecule has 238 valence electrons. The molecule has 1 spiro atoms. The fraction of sp³-hybridized carbons (Fsp3) is 0.429. The number of para-hydroxylation sites is 2. The average molecular weight is 700 g/mol. The number of fused-ring (bicyclic) bond motifs is 1. The minimum Gasteiger partial charge on any atom is -0.378 e. The highest BCUT2D eigenvalue weighted by atomic mass is 35.5. The molecule has 11 nitrogen and oxygen atoms in total. The van der Waals surface area contributed by atoms with Gasteiger partial charge in [0.05, 0.1) is 39.3 Å². The number of alkyl halides is 2. The summed E-state index contributed by atoms with van der Waals surface area (Å²) in [6.45, 7) is 2.08. The minimum atomic E-state index is -3.90. The van der Waals surface area contributed by atoms with Crippen LogP contribution in [0.3, 0.4) is 0 Å². The monoisotopic (exact) mass is 698 g/mol. The number of aromatic nitrogens is 5. The molecule has 17 heteroatoms. The lowest BCUT2D eigenvalue weighted by Crippen LogP contribution is -2.59. The molecule has 7 rings (SSSR count). The van der Waals surface area contributed by atoms with Gasteiger partial charge in [-0.3, -0.25) is 4.57 Å². The number of ether oxygens (including phenoxy) is 1. The predicted octanol–water partition coefficient (Wildman–Crippen LogP) is 5.65. The van der Waals surface area contributed by atoms with Crippen molar-refractivity contribution in [3.8, 4) is 5.95 Å². The predicted molar refractivity (Wildman–Crippen MR) is 166 cm³/mol. The van der Waals surface area contributed by atoms with Crippen molar-refractivity contribution in [1.29, 1.82) is 0 Å². The van der Waals surface area contributed by atoms with Crippen LogP contribution in [0.5, 0.6) is 0 Å². The van der Waals surface area contributed by atoms with Crippen LogP contribution in [0, 0.1) is 5.41 Å². The average Bonchev–Trinajstić information content (AvgIpc) is 3.37. The van der Waals surface area contributed by atoms with E-state index in [0.29, 0.717) is 56.1 Å². The van der Waals surface area contributed by atoms with Crippen molar-refractivity contribution >= 4 is 67.8 Å². The molecule has 0 unspecified atom stereocenters. The molecule has 3 heterocycles. The second-order valence-corrected chi connectivity index (χ2v) is 14.5. The van der Waals surface area contributed by atoms with E-state index in [1.54, 1.807) is 24.3 Å². The molecule has 0 radical (unpaired) electrons. The third-order valence-electron chi connectivity index (χ3n) is 8.52. The second-order valence-electron chi connectivity index (χ2n) is 11.6. The Morgan fingerprint density at radius 1 is 0.889 bits per heavy atom. The van der Waals surface area contributed by atoms with Crippen molar-refractivity contribution in [1.82, 2.24) is 29.2 Å². The fourth-order valence-electron chi connectivity index (χ4n) is 6.49. The summed E-state index contributed by atoms with van der Waals surface area (Å²) >= 11 is 18.1. The first kappa shape index (κ1) is 30.8. The van der Waals surface area contributed by atoms with Crippen LogP contribution in [0.15, 0.2) is 41.3 Å². The topological polar surface area (TPSA) is 127 Å². The molecular formula is C28H27Cl3F2N8O3S. The number of halogens is 5. The van der Waals surface area contributed by atoms with Crippen LogP contribution in [0.25, 0.3) is 17.0 Å². The van der Waals surface area contributed by atoms with Gasteiger partial charge < -0.3 is 15.0 Å². The molecule has 3 aliphatic rings. The third kappa shape index (κ3) is 5.92. The van der Waals surface area contributed by atoms with Gasteiger partial charge in [-0.2, -0.15) is 15.0 Å². The molecule has 2 aliphatic carbocycles. The Labute approximate surface area is 272 Å². The van der Waals surface area contributed by atoms with Crippen LogP contribution < -0.4 is 14.9 Å². The number of anilines is 2. The largest absolute Gasteiger partial charge is 0.378 e. The van der Waals surface area contributed by atoms with Crippen LogP contribution in [0.4, 0.5) is 20.7 Å². The van der Waals surface area contributed by atoms with Gasteiger partial charge in [-0.15, -0.1) is 0 Å². The highest BCUT2D eigenvalue weighted by molar-refractivity contribution is 7.89. The molecule has 3 fully saturated rings. The van der Waals surface area contributed by atoms with Crippen LogP contribution >= 0.6 is 34.8 Å². The van der Waals surface area contributed by atoms with Crippen molar-refractivity contribution in [2.24, 2.45) is 5.41 Å². The van der Waals surface area contributed by atoms with E-state index < -0.39 is 22.3 Å². The summed E-state index contributed by atoms with van der Waals surface area (Å²) in [6.07, 6.45) is -0.000333. The Balaban J connectivity index is 1.08. The van der Waals surface area contributed by atoms with E-state index in [9.17, 15) is 17.2 Å². The highest BCUT2D eigenvalue weighted by Crippen LogP contribution is 2.56. The number of hydrogen-bond acceptors (Lipinski definition) is 9. The molecule has 0 atom stereocenters. The van der Waals surface area contributed by atoms with Crippen molar-refractivity contribution in [2.45, 2.75) is 49.1 Å². The maximum Gasteiger partial charge on any atom is 0.296 e. The van der Waals surface area contributed by atoms with Crippen LogP contribution in [-0.2, 0) is 14.8 Å².